The van der Waals surface area contributed by atoms with Crippen molar-refractivity contribution in [3.05, 3.63) is 34.9 Å². The number of benzene rings is 1. The largest absolute Gasteiger partial charge is 0.212 e. The molecule has 1 rings (SSSR count). The summed E-state index contributed by atoms with van der Waals surface area (Å²) >= 11 is 5.84. The lowest BCUT2D eigenvalue weighted by molar-refractivity contribution is 0.565. The fraction of sp³-hybridized carbons (Fsp3) is 0.455. The molecule has 0 fully saturated rings. The Morgan fingerprint density at radius 1 is 1.44 bits per heavy atom. The van der Waals surface area contributed by atoms with Crippen LogP contribution in [0.5, 0.6) is 0 Å². The van der Waals surface area contributed by atoms with Crippen LogP contribution in [0.25, 0.3) is 0 Å². The molecule has 1 aromatic carbocycles. The van der Waals surface area contributed by atoms with E-state index in [1.54, 1.807) is 19.1 Å². The van der Waals surface area contributed by atoms with Gasteiger partial charge < -0.3 is 0 Å². The second-order valence-corrected chi connectivity index (χ2v) is 6.02. The molecule has 0 unspecified atom stereocenters. The van der Waals surface area contributed by atoms with E-state index < -0.39 is 10.0 Å². The maximum Gasteiger partial charge on any atom is 0.212 e. The maximum absolute atomic E-state index is 11.6. The van der Waals surface area contributed by atoms with Crippen molar-refractivity contribution < 1.29 is 8.42 Å². The molecule has 0 aliphatic heterocycles. The molecule has 0 amide bonds. The maximum atomic E-state index is 11.6. The molecule has 0 bridgehead atoms. The van der Waals surface area contributed by atoms with Gasteiger partial charge in [0.1, 0.15) is 0 Å². The summed E-state index contributed by atoms with van der Waals surface area (Å²) in [5, 5.41) is 0.610. The van der Waals surface area contributed by atoms with Gasteiger partial charge in [-0.25, -0.2) is 13.1 Å². The number of hydrogen-bond donors (Lipinski definition) is 1. The summed E-state index contributed by atoms with van der Waals surface area (Å²) in [7, 11) is -3.18. The molecule has 0 radical (unpaired) electrons. The molecule has 0 heterocycles. The molecule has 16 heavy (non-hydrogen) atoms. The van der Waals surface area contributed by atoms with Gasteiger partial charge in [0.05, 0.1) is 5.75 Å². The van der Waals surface area contributed by atoms with E-state index in [0.717, 1.165) is 5.56 Å². The van der Waals surface area contributed by atoms with Crippen LogP contribution in [0.15, 0.2) is 24.3 Å². The molecule has 1 N–H and O–H groups in total. The Bertz CT molecular complexity index is 445. The molecule has 1 aromatic rings. The summed E-state index contributed by atoms with van der Waals surface area (Å²) in [6.45, 7) is 3.64. The zero-order valence-corrected chi connectivity index (χ0v) is 11.0. The van der Waals surface area contributed by atoms with Gasteiger partial charge in [0, 0.05) is 11.1 Å². The van der Waals surface area contributed by atoms with E-state index in [1.165, 1.54) is 0 Å². The molecule has 3 nitrogen and oxygen atoms in total. The summed E-state index contributed by atoms with van der Waals surface area (Å²) in [5.41, 5.74) is 0.868. The van der Waals surface area contributed by atoms with E-state index in [2.05, 4.69) is 4.72 Å². The van der Waals surface area contributed by atoms with Crippen molar-refractivity contribution in [1.29, 1.82) is 0 Å². The van der Waals surface area contributed by atoms with Crippen LogP contribution < -0.4 is 4.72 Å². The number of hydrogen-bond acceptors (Lipinski definition) is 2. The lowest BCUT2D eigenvalue weighted by Crippen LogP contribution is -2.28. The van der Waals surface area contributed by atoms with Gasteiger partial charge in [-0.1, -0.05) is 30.7 Å². The number of halogens is 1. The SMILES string of the molecule is CCCS(=O)(=O)N[C@H](C)c1cccc(Cl)c1. The van der Waals surface area contributed by atoms with Crippen molar-refractivity contribution in [3.8, 4) is 0 Å². The molecule has 1 atom stereocenters. The van der Waals surface area contributed by atoms with Gasteiger partial charge in [0.25, 0.3) is 0 Å². The predicted molar refractivity (Wildman–Crippen MR) is 67.1 cm³/mol. The van der Waals surface area contributed by atoms with Crippen LogP contribution in [0.3, 0.4) is 0 Å². The van der Waals surface area contributed by atoms with Crippen molar-refractivity contribution >= 4 is 21.6 Å². The Balaban J connectivity index is 2.76. The standard InChI is InChI=1S/C11H16ClNO2S/c1-3-7-16(14,15)13-9(2)10-5-4-6-11(12)8-10/h4-6,8-9,13H,3,7H2,1-2H3/t9-/m1/s1. The van der Waals surface area contributed by atoms with E-state index in [-0.39, 0.29) is 11.8 Å². The van der Waals surface area contributed by atoms with Gasteiger partial charge in [-0.3, -0.25) is 0 Å². The monoisotopic (exact) mass is 261 g/mol. The highest BCUT2D eigenvalue weighted by Gasteiger charge is 2.14. The van der Waals surface area contributed by atoms with Crippen LogP contribution in [0, 0.1) is 0 Å². The summed E-state index contributed by atoms with van der Waals surface area (Å²) in [5.74, 6) is 0.151. The first-order chi connectivity index (χ1) is 7.44. The Morgan fingerprint density at radius 3 is 2.69 bits per heavy atom. The molecule has 0 aliphatic rings. The normalized spacial score (nSPS) is 13.7. The minimum Gasteiger partial charge on any atom is -0.212 e. The molecule has 0 saturated heterocycles. The smallest absolute Gasteiger partial charge is 0.212 e. The summed E-state index contributed by atoms with van der Waals surface area (Å²) < 4.78 is 25.7. The van der Waals surface area contributed by atoms with E-state index >= 15 is 0 Å². The lowest BCUT2D eigenvalue weighted by atomic mass is 10.1. The van der Waals surface area contributed by atoms with Crippen LogP contribution in [0.2, 0.25) is 5.02 Å². The van der Waals surface area contributed by atoms with Gasteiger partial charge in [-0.2, -0.15) is 0 Å². The first-order valence-electron chi connectivity index (χ1n) is 5.20. The van der Waals surface area contributed by atoms with Gasteiger partial charge in [-0.05, 0) is 31.0 Å². The third-order valence-corrected chi connectivity index (χ3v) is 4.07. The van der Waals surface area contributed by atoms with Crippen LogP contribution in [-0.2, 0) is 10.0 Å². The second-order valence-electron chi connectivity index (χ2n) is 3.71. The topological polar surface area (TPSA) is 46.2 Å². The quantitative estimate of drug-likeness (QED) is 0.886. The number of rotatable bonds is 5. The van der Waals surface area contributed by atoms with Gasteiger partial charge in [-0.15, -0.1) is 0 Å². The third-order valence-electron chi connectivity index (χ3n) is 2.18. The van der Waals surface area contributed by atoms with Crippen molar-refractivity contribution in [1.82, 2.24) is 4.72 Å². The first-order valence-corrected chi connectivity index (χ1v) is 7.23. The van der Waals surface area contributed by atoms with Gasteiger partial charge in [0.2, 0.25) is 10.0 Å². The van der Waals surface area contributed by atoms with Crippen molar-refractivity contribution in [2.24, 2.45) is 0 Å². The van der Waals surface area contributed by atoms with Crippen molar-refractivity contribution in [3.63, 3.8) is 0 Å². The second kappa shape index (κ2) is 5.66. The van der Waals surface area contributed by atoms with Crippen LogP contribution in [0.1, 0.15) is 31.9 Å². The van der Waals surface area contributed by atoms with Crippen LogP contribution in [-0.4, -0.2) is 14.2 Å². The highest BCUT2D eigenvalue weighted by Crippen LogP contribution is 2.18. The number of sulfonamides is 1. The van der Waals surface area contributed by atoms with E-state index in [1.807, 2.05) is 19.1 Å². The van der Waals surface area contributed by atoms with Crippen molar-refractivity contribution in [2.75, 3.05) is 5.75 Å². The van der Waals surface area contributed by atoms with E-state index in [9.17, 15) is 8.42 Å². The molecule has 0 aliphatic carbocycles. The predicted octanol–water partition coefficient (Wildman–Crippen LogP) is 2.73. The third kappa shape index (κ3) is 4.12. The molecule has 5 heteroatoms. The molecule has 0 spiro atoms. The van der Waals surface area contributed by atoms with E-state index in [0.29, 0.717) is 11.4 Å². The Hall–Kier alpha value is -0.580. The minimum atomic E-state index is -3.18. The van der Waals surface area contributed by atoms with E-state index in [4.69, 9.17) is 11.6 Å². The Morgan fingerprint density at radius 2 is 2.12 bits per heavy atom. The highest BCUT2D eigenvalue weighted by atomic mass is 35.5. The fourth-order valence-electron chi connectivity index (χ4n) is 1.44. The summed E-state index contributed by atoms with van der Waals surface area (Å²) in [4.78, 5) is 0. The summed E-state index contributed by atoms with van der Waals surface area (Å²) in [6, 6.07) is 6.93. The van der Waals surface area contributed by atoms with Crippen LogP contribution in [0.4, 0.5) is 0 Å². The Labute approximate surface area is 102 Å². The molecular weight excluding hydrogens is 246 g/mol. The number of nitrogens with one attached hydrogen (secondary N) is 1. The van der Waals surface area contributed by atoms with Crippen molar-refractivity contribution in [2.45, 2.75) is 26.3 Å². The molecule has 0 aromatic heterocycles. The molecular formula is C11H16ClNO2S. The Kier molecular flexibility index (Phi) is 4.77. The zero-order chi connectivity index (χ0) is 12.2. The van der Waals surface area contributed by atoms with Gasteiger partial charge in [0.15, 0.2) is 0 Å². The fourth-order valence-corrected chi connectivity index (χ4v) is 2.97. The molecule has 0 saturated carbocycles. The minimum absolute atomic E-state index is 0.151. The average molecular weight is 262 g/mol. The summed E-state index contributed by atoms with van der Waals surface area (Å²) in [6.07, 6.45) is 0.609. The van der Waals surface area contributed by atoms with Crippen LogP contribution >= 0.6 is 11.6 Å². The molecule has 90 valence electrons. The first kappa shape index (κ1) is 13.5. The highest BCUT2D eigenvalue weighted by molar-refractivity contribution is 7.89. The lowest BCUT2D eigenvalue weighted by Gasteiger charge is -2.14. The van der Waals surface area contributed by atoms with Gasteiger partial charge >= 0.3 is 0 Å². The zero-order valence-electron chi connectivity index (χ0n) is 9.40. The average Bonchev–Trinajstić information content (AvgIpc) is 2.16.